The van der Waals surface area contributed by atoms with Gasteiger partial charge in [0.15, 0.2) is 5.65 Å². The lowest BCUT2D eigenvalue weighted by Gasteiger charge is -2.35. The van der Waals surface area contributed by atoms with Crippen molar-refractivity contribution >= 4 is 27.1 Å². The number of amides is 1. The minimum absolute atomic E-state index is 0.0766. The van der Waals surface area contributed by atoms with E-state index in [2.05, 4.69) is 5.10 Å². The topological polar surface area (TPSA) is 91.6 Å². The Hall–Kier alpha value is -2.04. The largest absolute Gasteiger partial charge is 0.336 e. The summed E-state index contributed by atoms with van der Waals surface area (Å²) in [6.45, 7) is 3.21. The van der Waals surface area contributed by atoms with Crippen molar-refractivity contribution in [2.75, 3.05) is 40.3 Å². The van der Waals surface area contributed by atoms with Crippen molar-refractivity contribution in [1.29, 1.82) is 0 Å². The van der Waals surface area contributed by atoms with E-state index in [4.69, 9.17) is 4.98 Å². The zero-order valence-corrected chi connectivity index (χ0v) is 17.5. The van der Waals surface area contributed by atoms with Crippen LogP contribution in [0.2, 0.25) is 0 Å². The zero-order chi connectivity index (χ0) is 20.2. The molecule has 0 spiro atoms. The molecule has 1 aliphatic carbocycles. The van der Waals surface area contributed by atoms with E-state index in [9.17, 15) is 13.2 Å². The molecule has 1 saturated heterocycles. The molecule has 0 radical (unpaired) electrons. The van der Waals surface area contributed by atoms with E-state index in [0.29, 0.717) is 37.7 Å². The van der Waals surface area contributed by atoms with Crippen molar-refractivity contribution < 1.29 is 13.2 Å². The highest BCUT2D eigenvalue weighted by atomic mass is 32.2. The predicted molar refractivity (Wildman–Crippen MR) is 105 cm³/mol. The second-order valence-electron chi connectivity index (χ2n) is 7.76. The molecule has 4 rings (SSSR count). The van der Waals surface area contributed by atoms with Crippen LogP contribution in [0.3, 0.4) is 0 Å². The maximum absolute atomic E-state index is 13.3. The van der Waals surface area contributed by atoms with Crippen LogP contribution in [0.15, 0.2) is 6.07 Å². The van der Waals surface area contributed by atoms with Crippen molar-refractivity contribution in [1.82, 2.24) is 28.3 Å². The number of aryl methyl sites for hydroxylation is 2. The van der Waals surface area contributed by atoms with E-state index in [-0.39, 0.29) is 5.91 Å². The summed E-state index contributed by atoms with van der Waals surface area (Å²) in [4.78, 5) is 19.8. The first-order chi connectivity index (χ1) is 13.2. The van der Waals surface area contributed by atoms with E-state index >= 15 is 0 Å². The summed E-state index contributed by atoms with van der Waals surface area (Å²) < 4.78 is 29.0. The SMILES string of the molecule is Cc1nn(C)c2nc(C3CC3)cc(C(=O)N3CCN(S(=O)(=O)N(C)C)CC3)c12. The number of piperazine rings is 1. The van der Waals surface area contributed by atoms with Gasteiger partial charge in [0, 0.05) is 58.9 Å². The summed E-state index contributed by atoms with van der Waals surface area (Å²) in [7, 11) is 1.43. The third-order valence-corrected chi connectivity index (χ3v) is 7.47. The predicted octanol–water partition coefficient (Wildman–Crippen LogP) is 0.718. The summed E-state index contributed by atoms with van der Waals surface area (Å²) in [6, 6.07) is 1.92. The molecule has 0 aromatic carbocycles. The molecule has 2 fully saturated rings. The number of pyridine rings is 1. The Bertz CT molecular complexity index is 1030. The van der Waals surface area contributed by atoms with E-state index in [1.807, 2.05) is 20.0 Å². The molecule has 28 heavy (non-hydrogen) atoms. The monoisotopic (exact) mass is 406 g/mol. The molecule has 0 unspecified atom stereocenters. The van der Waals surface area contributed by atoms with Crippen LogP contribution >= 0.6 is 0 Å². The Kier molecular flexibility index (Phi) is 4.67. The number of hydrogen-bond acceptors (Lipinski definition) is 5. The normalized spacial score (nSPS) is 19.0. The first-order valence-corrected chi connectivity index (χ1v) is 10.9. The van der Waals surface area contributed by atoms with Gasteiger partial charge in [-0.3, -0.25) is 9.48 Å². The van der Waals surface area contributed by atoms with Crippen LogP contribution < -0.4 is 0 Å². The van der Waals surface area contributed by atoms with Crippen molar-refractivity contribution in [3.05, 3.63) is 23.0 Å². The van der Waals surface area contributed by atoms with Crippen LogP contribution in [0, 0.1) is 6.92 Å². The van der Waals surface area contributed by atoms with Crippen LogP contribution in [0.4, 0.5) is 0 Å². The maximum Gasteiger partial charge on any atom is 0.281 e. The lowest BCUT2D eigenvalue weighted by Crippen LogP contribution is -2.53. The first-order valence-electron chi connectivity index (χ1n) is 9.51. The van der Waals surface area contributed by atoms with Crippen molar-refractivity contribution in [2.24, 2.45) is 7.05 Å². The molecule has 2 aliphatic rings. The number of hydrogen-bond donors (Lipinski definition) is 0. The second-order valence-corrected chi connectivity index (χ2v) is 9.90. The van der Waals surface area contributed by atoms with Gasteiger partial charge in [0.25, 0.3) is 16.1 Å². The van der Waals surface area contributed by atoms with Crippen LogP contribution in [0.1, 0.15) is 40.5 Å². The van der Waals surface area contributed by atoms with Gasteiger partial charge in [0.05, 0.1) is 16.6 Å². The van der Waals surface area contributed by atoms with Gasteiger partial charge in [-0.2, -0.15) is 22.1 Å². The number of aromatic nitrogens is 3. The Morgan fingerprint density at radius 1 is 1.18 bits per heavy atom. The van der Waals surface area contributed by atoms with Gasteiger partial charge >= 0.3 is 0 Å². The molecule has 9 nitrogen and oxygen atoms in total. The highest BCUT2D eigenvalue weighted by Gasteiger charge is 2.33. The van der Waals surface area contributed by atoms with E-state index < -0.39 is 10.2 Å². The van der Waals surface area contributed by atoms with Gasteiger partial charge in [0.2, 0.25) is 0 Å². The number of rotatable bonds is 4. The first kappa shape index (κ1) is 19.3. The highest BCUT2D eigenvalue weighted by Crippen LogP contribution is 2.40. The van der Waals surface area contributed by atoms with Gasteiger partial charge in [-0.05, 0) is 25.8 Å². The van der Waals surface area contributed by atoms with Crippen LogP contribution in [0.5, 0.6) is 0 Å². The van der Waals surface area contributed by atoms with E-state index in [1.165, 1.54) is 22.7 Å². The Morgan fingerprint density at radius 3 is 2.39 bits per heavy atom. The molecule has 152 valence electrons. The zero-order valence-electron chi connectivity index (χ0n) is 16.7. The van der Waals surface area contributed by atoms with Gasteiger partial charge in [-0.25, -0.2) is 4.98 Å². The van der Waals surface area contributed by atoms with Crippen molar-refractivity contribution in [3.8, 4) is 0 Å². The van der Waals surface area contributed by atoms with Gasteiger partial charge < -0.3 is 4.90 Å². The fourth-order valence-corrected chi connectivity index (χ4v) is 4.83. The maximum atomic E-state index is 13.3. The third kappa shape index (κ3) is 3.19. The molecule has 1 amide bonds. The highest BCUT2D eigenvalue weighted by molar-refractivity contribution is 7.86. The molecular formula is C18H26N6O3S. The standard InChI is InChI=1S/C18H26N6O3S/c1-12-16-14(11-15(13-5-6-13)19-17(16)22(4)20-12)18(25)23-7-9-24(10-8-23)28(26,27)21(2)3/h11,13H,5-10H2,1-4H3. The van der Waals surface area contributed by atoms with Crippen molar-refractivity contribution in [3.63, 3.8) is 0 Å². The molecule has 10 heteroatoms. The summed E-state index contributed by atoms with van der Waals surface area (Å²) in [5, 5.41) is 5.25. The minimum Gasteiger partial charge on any atom is -0.336 e. The minimum atomic E-state index is -3.46. The number of carbonyl (C=O) groups excluding carboxylic acids is 1. The van der Waals surface area contributed by atoms with Gasteiger partial charge in [0.1, 0.15) is 0 Å². The molecular weight excluding hydrogens is 380 g/mol. The third-order valence-electron chi connectivity index (χ3n) is 5.53. The summed E-state index contributed by atoms with van der Waals surface area (Å²) in [6.07, 6.45) is 2.20. The van der Waals surface area contributed by atoms with E-state index in [1.54, 1.807) is 9.58 Å². The van der Waals surface area contributed by atoms with Crippen LogP contribution in [-0.2, 0) is 17.3 Å². The lowest BCUT2D eigenvalue weighted by molar-refractivity contribution is 0.0697. The average Bonchev–Trinajstić information content (AvgIpc) is 3.47. The molecule has 1 saturated carbocycles. The molecule has 1 aliphatic heterocycles. The number of nitrogens with zero attached hydrogens (tertiary/aromatic N) is 6. The van der Waals surface area contributed by atoms with Gasteiger partial charge in [-0.15, -0.1) is 0 Å². The summed E-state index contributed by atoms with van der Waals surface area (Å²) in [5.74, 6) is 0.348. The molecule has 0 N–H and O–H groups in total. The number of fused-ring (bicyclic) bond motifs is 1. The molecule has 0 atom stereocenters. The van der Waals surface area contributed by atoms with Crippen molar-refractivity contribution in [2.45, 2.75) is 25.7 Å². The Balaban J connectivity index is 1.63. The Labute approximate surface area is 165 Å². The smallest absolute Gasteiger partial charge is 0.281 e. The molecule has 2 aromatic heterocycles. The van der Waals surface area contributed by atoms with Crippen LogP contribution in [-0.4, -0.2) is 82.9 Å². The molecule has 0 bridgehead atoms. The fraction of sp³-hybridized carbons (Fsp3) is 0.611. The fourth-order valence-electron chi connectivity index (χ4n) is 3.74. The molecule has 2 aromatic rings. The quantitative estimate of drug-likeness (QED) is 0.746. The molecule has 3 heterocycles. The summed E-state index contributed by atoms with van der Waals surface area (Å²) >= 11 is 0. The average molecular weight is 407 g/mol. The summed E-state index contributed by atoms with van der Waals surface area (Å²) in [5.41, 5.74) is 3.10. The second kappa shape index (κ2) is 6.78. The Morgan fingerprint density at radius 2 is 1.82 bits per heavy atom. The van der Waals surface area contributed by atoms with E-state index in [0.717, 1.165) is 35.3 Å². The number of carbonyl (C=O) groups is 1. The lowest BCUT2D eigenvalue weighted by atomic mass is 10.1. The van der Waals surface area contributed by atoms with Gasteiger partial charge in [-0.1, -0.05) is 0 Å². The van der Waals surface area contributed by atoms with Crippen LogP contribution in [0.25, 0.3) is 11.0 Å².